The van der Waals surface area contributed by atoms with Crippen molar-refractivity contribution in [2.45, 2.75) is 63.8 Å². The van der Waals surface area contributed by atoms with Crippen LogP contribution in [0, 0.1) is 0 Å². The van der Waals surface area contributed by atoms with Crippen molar-refractivity contribution < 1.29 is 19.0 Å². The first-order chi connectivity index (χ1) is 10.3. The Balaban J connectivity index is 1.83. The third kappa shape index (κ3) is 5.85. The topological polar surface area (TPSA) is 48.0 Å². The summed E-state index contributed by atoms with van der Waals surface area (Å²) in [5.74, 6) is 0. The second-order valence-corrected chi connectivity index (χ2v) is 8.00. The largest absolute Gasteiger partial charge is 0.444 e. The van der Waals surface area contributed by atoms with Crippen molar-refractivity contribution in [3.05, 3.63) is 0 Å². The zero-order valence-corrected chi connectivity index (χ0v) is 16.1. The van der Waals surface area contributed by atoms with Gasteiger partial charge in [-0.2, -0.15) is 0 Å². The number of rotatable bonds is 6. The predicted octanol–water partition coefficient (Wildman–Crippen LogP) is 3.39. The first-order valence-electron chi connectivity index (χ1n) is 8.13. The highest BCUT2D eigenvalue weighted by Gasteiger charge is 2.38. The first-order valence-corrected chi connectivity index (χ1v) is 9.66. The number of alkyl halides is 1. The number of nitrogens with zero attached hydrogens (tertiary/aromatic N) is 1. The number of halogens is 1. The number of carbonyl (C=O) groups is 1. The molecule has 0 aromatic carbocycles. The number of hydrogen-bond acceptors (Lipinski definition) is 4. The molecular formula is C16H28INO4. The Hall–Kier alpha value is -0.0800. The zero-order chi connectivity index (χ0) is 16.2. The fraction of sp³-hybridized carbons (Fsp3) is 0.938. The van der Waals surface area contributed by atoms with E-state index in [1.54, 1.807) is 4.90 Å². The molecule has 1 aliphatic heterocycles. The van der Waals surface area contributed by atoms with Crippen molar-refractivity contribution in [3.8, 4) is 0 Å². The van der Waals surface area contributed by atoms with Crippen LogP contribution in [0.1, 0.15) is 46.5 Å². The molecular weight excluding hydrogens is 397 g/mol. The third-order valence-electron chi connectivity index (χ3n) is 3.80. The molecule has 2 aliphatic rings. The number of piperidine rings is 1. The lowest BCUT2D eigenvalue weighted by atomic mass is 9.95. The van der Waals surface area contributed by atoms with Gasteiger partial charge in [-0.15, -0.1) is 0 Å². The molecule has 1 atom stereocenters. The number of carbonyl (C=O) groups excluding carboxylic acids is 1. The van der Waals surface area contributed by atoms with E-state index in [2.05, 4.69) is 22.6 Å². The van der Waals surface area contributed by atoms with Gasteiger partial charge in [0.05, 0.1) is 31.5 Å². The summed E-state index contributed by atoms with van der Waals surface area (Å²) in [5.41, 5.74) is -0.719. The van der Waals surface area contributed by atoms with E-state index in [0.717, 1.165) is 23.8 Å². The lowest BCUT2D eigenvalue weighted by Crippen LogP contribution is -2.54. The number of hydrogen-bond donors (Lipinski definition) is 0. The summed E-state index contributed by atoms with van der Waals surface area (Å²) >= 11 is 2.35. The van der Waals surface area contributed by atoms with E-state index >= 15 is 0 Å². The Morgan fingerprint density at radius 1 is 1.32 bits per heavy atom. The predicted molar refractivity (Wildman–Crippen MR) is 93.6 cm³/mol. The Kier molecular flexibility index (Phi) is 6.36. The van der Waals surface area contributed by atoms with Crippen molar-refractivity contribution in [1.29, 1.82) is 0 Å². The van der Waals surface area contributed by atoms with E-state index in [-0.39, 0.29) is 11.7 Å². The zero-order valence-electron chi connectivity index (χ0n) is 13.9. The molecule has 2 rings (SSSR count). The lowest BCUT2D eigenvalue weighted by Gasteiger charge is -2.41. The van der Waals surface area contributed by atoms with Gasteiger partial charge < -0.3 is 19.1 Å². The van der Waals surface area contributed by atoms with Crippen LogP contribution < -0.4 is 0 Å². The molecule has 128 valence electrons. The van der Waals surface area contributed by atoms with Crippen molar-refractivity contribution in [1.82, 2.24) is 4.90 Å². The SMILES string of the molecule is CC(C)(C)OC(=O)N1CCCC(CI)(OCCOC2CC2)C1. The van der Waals surface area contributed by atoms with Crippen LogP contribution in [0.2, 0.25) is 0 Å². The van der Waals surface area contributed by atoms with Crippen LogP contribution in [0.5, 0.6) is 0 Å². The number of amides is 1. The Labute approximate surface area is 147 Å². The molecule has 0 radical (unpaired) electrons. The summed E-state index contributed by atoms with van der Waals surface area (Å²) in [7, 11) is 0. The second kappa shape index (κ2) is 7.66. The smallest absolute Gasteiger partial charge is 0.410 e. The molecule has 0 N–H and O–H groups in total. The molecule has 22 heavy (non-hydrogen) atoms. The van der Waals surface area contributed by atoms with Crippen molar-refractivity contribution in [3.63, 3.8) is 0 Å². The molecule has 1 heterocycles. The summed E-state index contributed by atoms with van der Waals surface area (Å²) in [4.78, 5) is 14.1. The van der Waals surface area contributed by atoms with E-state index in [0.29, 0.717) is 25.9 Å². The molecule has 0 bridgehead atoms. The van der Waals surface area contributed by atoms with Crippen LogP contribution in [0.15, 0.2) is 0 Å². The molecule has 6 heteroatoms. The Morgan fingerprint density at radius 2 is 2.05 bits per heavy atom. The van der Waals surface area contributed by atoms with Gasteiger partial charge >= 0.3 is 6.09 Å². The van der Waals surface area contributed by atoms with Gasteiger partial charge in [0, 0.05) is 11.0 Å². The molecule has 1 saturated carbocycles. The maximum absolute atomic E-state index is 12.3. The molecule has 1 saturated heterocycles. The summed E-state index contributed by atoms with van der Waals surface area (Å²) in [6.45, 7) is 8.28. The van der Waals surface area contributed by atoms with Gasteiger partial charge in [0.2, 0.25) is 0 Å². The third-order valence-corrected chi connectivity index (χ3v) is 5.19. The van der Waals surface area contributed by atoms with Crippen LogP contribution in [-0.2, 0) is 14.2 Å². The van der Waals surface area contributed by atoms with Gasteiger partial charge in [-0.3, -0.25) is 0 Å². The minimum absolute atomic E-state index is 0.237. The highest BCUT2D eigenvalue weighted by Crippen LogP contribution is 2.29. The number of likely N-dealkylation sites (tertiary alicyclic amines) is 1. The molecule has 2 fully saturated rings. The van der Waals surface area contributed by atoms with Gasteiger partial charge in [0.1, 0.15) is 5.60 Å². The Morgan fingerprint density at radius 3 is 2.64 bits per heavy atom. The average Bonchev–Trinajstić information content (AvgIpc) is 3.26. The van der Waals surface area contributed by atoms with Gasteiger partial charge in [-0.05, 0) is 46.5 Å². The molecule has 0 spiro atoms. The van der Waals surface area contributed by atoms with Crippen molar-refractivity contribution in [2.24, 2.45) is 0 Å². The van der Waals surface area contributed by atoms with Gasteiger partial charge in [-0.25, -0.2) is 4.79 Å². The van der Waals surface area contributed by atoms with E-state index in [4.69, 9.17) is 14.2 Å². The highest BCUT2D eigenvalue weighted by atomic mass is 127. The van der Waals surface area contributed by atoms with E-state index in [9.17, 15) is 4.79 Å². The lowest BCUT2D eigenvalue weighted by molar-refractivity contribution is -0.0903. The molecule has 1 unspecified atom stereocenters. The van der Waals surface area contributed by atoms with Crippen LogP contribution in [-0.4, -0.2) is 59.0 Å². The maximum atomic E-state index is 12.3. The fourth-order valence-corrected chi connectivity index (χ4v) is 3.40. The van der Waals surface area contributed by atoms with Crippen LogP contribution in [0.3, 0.4) is 0 Å². The average molecular weight is 425 g/mol. The van der Waals surface area contributed by atoms with Crippen molar-refractivity contribution >= 4 is 28.7 Å². The number of ether oxygens (including phenoxy) is 3. The summed E-state index contributed by atoms with van der Waals surface area (Å²) in [6, 6.07) is 0. The summed E-state index contributed by atoms with van der Waals surface area (Å²) in [5, 5.41) is 0. The van der Waals surface area contributed by atoms with Crippen LogP contribution in [0.4, 0.5) is 4.79 Å². The fourth-order valence-electron chi connectivity index (χ4n) is 2.55. The van der Waals surface area contributed by atoms with Crippen molar-refractivity contribution in [2.75, 3.05) is 30.7 Å². The molecule has 1 amide bonds. The van der Waals surface area contributed by atoms with Crippen LogP contribution >= 0.6 is 22.6 Å². The van der Waals surface area contributed by atoms with E-state index in [1.807, 2.05) is 20.8 Å². The molecule has 0 aromatic heterocycles. The van der Waals surface area contributed by atoms with E-state index < -0.39 is 5.60 Å². The quantitative estimate of drug-likeness (QED) is 0.372. The molecule has 5 nitrogen and oxygen atoms in total. The second-order valence-electron chi connectivity index (χ2n) is 7.24. The minimum atomic E-state index is -0.458. The molecule has 1 aliphatic carbocycles. The minimum Gasteiger partial charge on any atom is -0.444 e. The monoisotopic (exact) mass is 425 g/mol. The normalized spacial score (nSPS) is 26.1. The summed E-state index contributed by atoms with van der Waals surface area (Å²) < 4.78 is 18.1. The Bertz CT molecular complexity index is 381. The van der Waals surface area contributed by atoms with Gasteiger partial charge in [0.25, 0.3) is 0 Å². The van der Waals surface area contributed by atoms with Gasteiger partial charge in [-0.1, -0.05) is 22.6 Å². The van der Waals surface area contributed by atoms with Gasteiger partial charge in [0.15, 0.2) is 0 Å². The standard InChI is InChI=1S/C16H28INO4/c1-15(2,3)22-14(19)18-8-4-7-16(11-17,12-18)21-10-9-20-13-5-6-13/h13H,4-12H2,1-3H3. The summed E-state index contributed by atoms with van der Waals surface area (Å²) in [6.07, 6.45) is 4.53. The molecule has 0 aromatic rings. The van der Waals surface area contributed by atoms with E-state index in [1.165, 1.54) is 12.8 Å². The van der Waals surface area contributed by atoms with Crippen LogP contribution in [0.25, 0.3) is 0 Å². The highest BCUT2D eigenvalue weighted by molar-refractivity contribution is 14.1. The first kappa shape index (κ1) is 18.3. The maximum Gasteiger partial charge on any atom is 0.410 e.